The lowest BCUT2D eigenvalue weighted by molar-refractivity contribution is -0.143. The Morgan fingerprint density at radius 1 is 1.11 bits per heavy atom. The highest BCUT2D eigenvalue weighted by atomic mass is 19.4. The quantitative estimate of drug-likeness (QED) is 0.593. The standard InChI is InChI=1S/C24H20F6N4O3/c25-23(26,27)15-3-13(4-16(5-15)24(28,29)30)12-37-20-8-19-6-18(7-21(35)34(19)11-20)33-22(36)14-1-2-17(9-31)32-10-14/h1-5,10,18-20H,6-8,11-12H2,(H,33,36). The van der Waals surface area contributed by atoms with E-state index in [9.17, 15) is 35.9 Å². The number of rotatable bonds is 5. The van der Waals surface area contributed by atoms with Crippen molar-refractivity contribution in [1.29, 1.82) is 5.26 Å². The van der Waals surface area contributed by atoms with Crippen LogP contribution in [0.3, 0.4) is 0 Å². The summed E-state index contributed by atoms with van der Waals surface area (Å²) in [5.74, 6) is -0.705. The molecule has 0 bridgehead atoms. The molecule has 2 aliphatic rings. The SMILES string of the molecule is N#Cc1ccc(C(=O)NC2CC(=O)N3CC(OCc4cc(C(F)(F)F)cc(C(F)(F)F)c4)CC3C2)cn1. The van der Waals surface area contributed by atoms with Gasteiger partial charge in [-0.25, -0.2) is 4.98 Å². The molecular formula is C24H20F6N4O3. The van der Waals surface area contributed by atoms with Crippen molar-refractivity contribution < 1.29 is 40.7 Å². The first-order valence-corrected chi connectivity index (χ1v) is 11.2. The summed E-state index contributed by atoms with van der Waals surface area (Å²) < 4.78 is 84.2. The molecule has 196 valence electrons. The average molecular weight is 526 g/mol. The highest BCUT2D eigenvalue weighted by molar-refractivity contribution is 5.94. The van der Waals surface area contributed by atoms with Crippen LogP contribution >= 0.6 is 0 Å². The molecule has 7 nitrogen and oxygen atoms in total. The van der Waals surface area contributed by atoms with Crippen molar-refractivity contribution in [3.8, 4) is 6.07 Å². The Bertz CT molecular complexity index is 1190. The molecule has 13 heteroatoms. The van der Waals surface area contributed by atoms with Crippen LogP contribution < -0.4 is 5.32 Å². The van der Waals surface area contributed by atoms with Gasteiger partial charge in [-0.3, -0.25) is 9.59 Å². The third kappa shape index (κ3) is 6.19. The van der Waals surface area contributed by atoms with Crippen LogP contribution in [0.5, 0.6) is 0 Å². The van der Waals surface area contributed by atoms with Gasteiger partial charge < -0.3 is 15.0 Å². The van der Waals surface area contributed by atoms with Crippen molar-refractivity contribution >= 4 is 11.8 Å². The number of nitrogens with one attached hydrogen (secondary N) is 1. The second kappa shape index (κ2) is 10.0. The van der Waals surface area contributed by atoms with Crippen LogP contribution in [-0.2, 0) is 28.5 Å². The van der Waals surface area contributed by atoms with E-state index < -0.39 is 48.1 Å². The van der Waals surface area contributed by atoms with Crippen LogP contribution in [0.25, 0.3) is 0 Å². The summed E-state index contributed by atoms with van der Waals surface area (Å²) in [6.07, 6.45) is -8.49. The zero-order chi connectivity index (χ0) is 27.0. The largest absolute Gasteiger partial charge is 0.416 e. The minimum atomic E-state index is -4.95. The van der Waals surface area contributed by atoms with Crippen LogP contribution in [-0.4, -0.2) is 46.4 Å². The predicted octanol–water partition coefficient (Wildman–Crippen LogP) is 4.07. The maximum atomic E-state index is 13.1. The van der Waals surface area contributed by atoms with Gasteiger partial charge in [-0.2, -0.15) is 31.6 Å². The second-order valence-corrected chi connectivity index (χ2v) is 8.94. The minimum Gasteiger partial charge on any atom is -0.372 e. The smallest absolute Gasteiger partial charge is 0.372 e. The van der Waals surface area contributed by atoms with Gasteiger partial charge in [-0.1, -0.05) is 0 Å². The van der Waals surface area contributed by atoms with E-state index in [2.05, 4.69) is 10.3 Å². The zero-order valence-electron chi connectivity index (χ0n) is 19.1. The molecule has 0 saturated carbocycles. The highest BCUT2D eigenvalue weighted by Crippen LogP contribution is 2.37. The topological polar surface area (TPSA) is 95.3 Å². The first-order valence-electron chi connectivity index (χ1n) is 11.2. The maximum absolute atomic E-state index is 13.1. The third-order valence-electron chi connectivity index (χ3n) is 6.28. The summed E-state index contributed by atoms with van der Waals surface area (Å²) in [7, 11) is 0. The normalized spacial score (nSPS) is 21.9. The van der Waals surface area contributed by atoms with E-state index >= 15 is 0 Å². The summed E-state index contributed by atoms with van der Waals surface area (Å²) in [5.41, 5.74) is -2.75. The molecule has 3 unspecified atom stereocenters. The van der Waals surface area contributed by atoms with Gasteiger partial charge in [0.15, 0.2) is 0 Å². The lowest BCUT2D eigenvalue weighted by atomic mass is 9.96. The molecule has 2 aliphatic heterocycles. The van der Waals surface area contributed by atoms with E-state index in [-0.39, 0.29) is 47.8 Å². The van der Waals surface area contributed by atoms with Gasteiger partial charge in [0.05, 0.1) is 29.4 Å². The average Bonchev–Trinajstić information content (AvgIpc) is 3.25. The summed E-state index contributed by atoms with van der Waals surface area (Å²) in [6.45, 7) is -0.340. The number of nitrogens with zero attached hydrogens (tertiary/aromatic N) is 3. The van der Waals surface area contributed by atoms with Gasteiger partial charge >= 0.3 is 12.4 Å². The molecule has 1 aromatic heterocycles. The number of amides is 2. The number of benzene rings is 1. The molecule has 1 aromatic carbocycles. The second-order valence-electron chi connectivity index (χ2n) is 8.94. The maximum Gasteiger partial charge on any atom is 0.416 e. The van der Waals surface area contributed by atoms with E-state index in [0.717, 1.165) is 0 Å². The fourth-order valence-electron chi connectivity index (χ4n) is 4.55. The van der Waals surface area contributed by atoms with Gasteiger partial charge in [0.2, 0.25) is 5.91 Å². The number of hydrogen-bond donors (Lipinski definition) is 1. The molecule has 0 aliphatic carbocycles. The molecule has 0 radical (unpaired) electrons. The van der Waals surface area contributed by atoms with Crippen LogP contribution in [0.4, 0.5) is 26.3 Å². The summed E-state index contributed by atoms with van der Waals surface area (Å²) >= 11 is 0. The predicted molar refractivity (Wildman–Crippen MR) is 115 cm³/mol. The van der Waals surface area contributed by atoms with Crippen molar-refractivity contribution in [2.24, 2.45) is 0 Å². The molecule has 3 atom stereocenters. The van der Waals surface area contributed by atoms with Crippen LogP contribution in [0.2, 0.25) is 0 Å². The Hall–Kier alpha value is -3.66. The number of carbonyl (C=O) groups excluding carboxylic acids is 2. The Morgan fingerprint density at radius 3 is 2.35 bits per heavy atom. The van der Waals surface area contributed by atoms with Gasteiger partial charge in [-0.05, 0) is 48.7 Å². The Labute approximate surface area is 207 Å². The molecular weight excluding hydrogens is 506 g/mol. The Balaban J connectivity index is 1.37. The Kier molecular flexibility index (Phi) is 7.14. The van der Waals surface area contributed by atoms with E-state index in [0.29, 0.717) is 25.0 Å². The lowest BCUT2D eigenvalue weighted by Gasteiger charge is -2.34. The molecule has 2 saturated heterocycles. The van der Waals surface area contributed by atoms with Crippen molar-refractivity contribution in [3.05, 3.63) is 64.5 Å². The van der Waals surface area contributed by atoms with E-state index in [1.807, 2.05) is 6.07 Å². The van der Waals surface area contributed by atoms with Crippen molar-refractivity contribution in [2.75, 3.05) is 6.54 Å². The number of nitriles is 1. The molecule has 2 aromatic rings. The molecule has 0 spiro atoms. The Morgan fingerprint density at radius 2 is 1.78 bits per heavy atom. The number of fused-ring (bicyclic) bond motifs is 1. The minimum absolute atomic E-state index is 0.0290. The highest BCUT2D eigenvalue weighted by Gasteiger charge is 2.42. The fraction of sp³-hybridized carbons (Fsp3) is 0.417. The van der Waals surface area contributed by atoms with Crippen LogP contribution in [0.15, 0.2) is 36.5 Å². The molecule has 37 heavy (non-hydrogen) atoms. The van der Waals surface area contributed by atoms with Crippen molar-refractivity contribution in [2.45, 2.75) is 56.4 Å². The number of halogens is 6. The van der Waals surface area contributed by atoms with Gasteiger partial charge in [0.25, 0.3) is 5.91 Å². The third-order valence-corrected chi connectivity index (χ3v) is 6.28. The fourth-order valence-corrected chi connectivity index (χ4v) is 4.55. The summed E-state index contributed by atoms with van der Waals surface area (Å²) in [5, 5.41) is 11.6. The van der Waals surface area contributed by atoms with E-state index in [1.54, 1.807) is 4.90 Å². The number of carbonyl (C=O) groups is 2. The molecule has 1 N–H and O–H groups in total. The number of alkyl halides is 6. The van der Waals surface area contributed by atoms with Crippen LogP contribution in [0, 0.1) is 11.3 Å². The molecule has 4 rings (SSSR count). The number of hydrogen-bond acceptors (Lipinski definition) is 5. The lowest BCUT2D eigenvalue weighted by Crippen LogP contribution is -2.50. The summed E-state index contributed by atoms with van der Waals surface area (Å²) in [6, 6.07) is 5.19. The molecule has 3 heterocycles. The monoisotopic (exact) mass is 526 g/mol. The van der Waals surface area contributed by atoms with Crippen molar-refractivity contribution in [3.63, 3.8) is 0 Å². The number of aromatic nitrogens is 1. The number of piperidine rings is 1. The number of pyridine rings is 1. The van der Waals surface area contributed by atoms with Gasteiger partial charge in [0.1, 0.15) is 11.8 Å². The summed E-state index contributed by atoms with van der Waals surface area (Å²) in [4.78, 5) is 30.5. The van der Waals surface area contributed by atoms with Gasteiger partial charge in [-0.15, -0.1) is 0 Å². The van der Waals surface area contributed by atoms with E-state index in [1.165, 1.54) is 18.3 Å². The van der Waals surface area contributed by atoms with Crippen molar-refractivity contribution in [1.82, 2.24) is 15.2 Å². The first-order chi connectivity index (χ1) is 17.3. The van der Waals surface area contributed by atoms with E-state index in [4.69, 9.17) is 10.00 Å². The zero-order valence-corrected chi connectivity index (χ0v) is 19.1. The number of ether oxygens (including phenoxy) is 1. The van der Waals surface area contributed by atoms with Gasteiger partial charge in [0, 0.05) is 31.2 Å². The first kappa shape index (κ1) is 26.4. The molecule has 2 amide bonds. The van der Waals surface area contributed by atoms with Crippen LogP contribution in [0.1, 0.15) is 52.0 Å². The molecule has 2 fully saturated rings.